The molecule has 0 aliphatic carbocycles. The van der Waals surface area contributed by atoms with Crippen molar-refractivity contribution in [1.29, 1.82) is 0 Å². The molecule has 0 heterocycles. The van der Waals surface area contributed by atoms with E-state index in [1.165, 1.54) is 4.90 Å². The third-order valence-corrected chi connectivity index (χ3v) is 4.84. The molecule has 1 aromatic rings. The summed E-state index contributed by atoms with van der Waals surface area (Å²) in [4.78, 5) is 40.3. The molecule has 0 radical (unpaired) electrons. The highest BCUT2D eigenvalue weighted by Gasteiger charge is 2.35. The van der Waals surface area contributed by atoms with Gasteiger partial charge in [-0.25, -0.2) is 4.79 Å². The van der Waals surface area contributed by atoms with Gasteiger partial charge in [0, 0.05) is 18.3 Å². The summed E-state index contributed by atoms with van der Waals surface area (Å²) >= 11 is 4.25. The minimum absolute atomic E-state index is 0.0407. The minimum Gasteiger partial charge on any atom is -0.444 e. The first-order chi connectivity index (χ1) is 14.9. The molecular weight excluding hydrogens is 426 g/mol. The van der Waals surface area contributed by atoms with Crippen molar-refractivity contribution < 1.29 is 19.1 Å². The lowest BCUT2D eigenvalue weighted by Crippen LogP contribution is -2.54. The van der Waals surface area contributed by atoms with E-state index in [1.807, 2.05) is 45.0 Å². The maximum atomic E-state index is 13.5. The van der Waals surface area contributed by atoms with Crippen molar-refractivity contribution >= 4 is 30.5 Å². The summed E-state index contributed by atoms with van der Waals surface area (Å²) in [6.45, 7) is 14.8. The lowest BCUT2D eigenvalue weighted by Gasteiger charge is -2.34. The molecule has 3 amide bonds. The van der Waals surface area contributed by atoms with Gasteiger partial charge in [-0.15, -0.1) is 6.58 Å². The van der Waals surface area contributed by atoms with Gasteiger partial charge in [-0.3, -0.25) is 9.59 Å². The molecule has 1 rings (SSSR count). The third kappa shape index (κ3) is 8.57. The van der Waals surface area contributed by atoms with E-state index in [9.17, 15) is 14.4 Å². The zero-order chi connectivity index (χ0) is 24.5. The number of nitrogens with zero attached hydrogens (tertiary/aromatic N) is 1. The van der Waals surface area contributed by atoms with Crippen LogP contribution in [0.1, 0.15) is 58.7 Å². The van der Waals surface area contributed by atoms with Crippen LogP contribution < -0.4 is 10.6 Å². The van der Waals surface area contributed by atoms with Gasteiger partial charge in [0.15, 0.2) is 0 Å². The predicted octanol–water partition coefficient (Wildman–Crippen LogP) is 3.65. The second-order valence-corrected chi connectivity index (χ2v) is 9.19. The SMILES string of the molecule is C=CCN(C(=O)C(CS)NC(=O)OC(C)(C)C)C(C(=O)NC(C)C)c1ccc(CC)cc1. The monoisotopic (exact) mass is 463 g/mol. The second-order valence-electron chi connectivity index (χ2n) is 8.82. The van der Waals surface area contributed by atoms with Gasteiger partial charge in [0.2, 0.25) is 11.8 Å². The number of carbonyl (C=O) groups excluding carboxylic acids is 3. The number of thiol groups is 1. The number of hydrogen-bond acceptors (Lipinski definition) is 5. The van der Waals surface area contributed by atoms with Gasteiger partial charge in [-0.2, -0.15) is 12.6 Å². The van der Waals surface area contributed by atoms with Crippen LogP contribution in [0.5, 0.6) is 0 Å². The van der Waals surface area contributed by atoms with E-state index in [2.05, 4.69) is 29.8 Å². The lowest BCUT2D eigenvalue weighted by molar-refractivity contribution is -0.141. The third-order valence-electron chi connectivity index (χ3n) is 4.48. The van der Waals surface area contributed by atoms with Crippen LogP contribution in [0.25, 0.3) is 0 Å². The Labute approximate surface area is 197 Å². The molecule has 0 spiro atoms. The Hall–Kier alpha value is -2.48. The fourth-order valence-corrected chi connectivity index (χ4v) is 3.32. The normalized spacial score (nSPS) is 13.1. The molecule has 2 unspecified atom stereocenters. The minimum atomic E-state index is -0.975. The molecule has 32 heavy (non-hydrogen) atoms. The molecule has 0 aromatic heterocycles. The average Bonchev–Trinajstić information content (AvgIpc) is 2.69. The van der Waals surface area contributed by atoms with Crippen molar-refractivity contribution in [2.45, 2.75) is 71.7 Å². The van der Waals surface area contributed by atoms with Gasteiger partial charge in [-0.05, 0) is 52.2 Å². The topological polar surface area (TPSA) is 87.7 Å². The van der Waals surface area contributed by atoms with E-state index in [1.54, 1.807) is 26.8 Å². The summed E-state index contributed by atoms with van der Waals surface area (Å²) in [5.41, 5.74) is 1.08. The number of nitrogens with one attached hydrogen (secondary N) is 2. The van der Waals surface area contributed by atoms with Crippen molar-refractivity contribution in [1.82, 2.24) is 15.5 Å². The highest BCUT2D eigenvalue weighted by molar-refractivity contribution is 7.80. The maximum absolute atomic E-state index is 13.5. The molecule has 0 saturated carbocycles. The number of hydrogen-bond donors (Lipinski definition) is 3. The van der Waals surface area contributed by atoms with E-state index < -0.39 is 29.7 Å². The van der Waals surface area contributed by atoms with Gasteiger partial charge in [-0.1, -0.05) is 37.3 Å². The van der Waals surface area contributed by atoms with Gasteiger partial charge in [0.25, 0.3) is 0 Å². The molecule has 1 aromatic carbocycles. The van der Waals surface area contributed by atoms with E-state index in [-0.39, 0.29) is 24.2 Å². The molecule has 0 aliphatic rings. The maximum Gasteiger partial charge on any atom is 0.408 e. The summed E-state index contributed by atoms with van der Waals surface area (Å²) in [5.74, 6) is -0.720. The van der Waals surface area contributed by atoms with Crippen molar-refractivity contribution in [2.24, 2.45) is 0 Å². The Morgan fingerprint density at radius 2 is 1.75 bits per heavy atom. The highest BCUT2D eigenvalue weighted by Crippen LogP contribution is 2.24. The molecule has 0 bridgehead atoms. The Kier molecular flexibility index (Phi) is 10.8. The molecule has 0 saturated heterocycles. The van der Waals surface area contributed by atoms with E-state index in [0.717, 1.165) is 12.0 Å². The largest absolute Gasteiger partial charge is 0.444 e. The Bertz CT molecular complexity index is 787. The summed E-state index contributed by atoms with van der Waals surface area (Å²) in [6.07, 6.45) is 1.69. The van der Waals surface area contributed by atoms with Crippen LogP contribution in [0, 0.1) is 0 Å². The van der Waals surface area contributed by atoms with Crippen LogP contribution in [0.2, 0.25) is 0 Å². The number of carbonyl (C=O) groups is 3. The first kappa shape index (κ1) is 27.6. The molecule has 0 fully saturated rings. The highest BCUT2D eigenvalue weighted by atomic mass is 32.1. The molecule has 2 N–H and O–H groups in total. The Morgan fingerprint density at radius 1 is 1.16 bits per heavy atom. The Balaban J connectivity index is 3.31. The number of benzene rings is 1. The van der Waals surface area contributed by atoms with Gasteiger partial charge < -0.3 is 20.3 Å². The van der Waals surface area contributed by atoms with Gasteiger partial charge in [0.1, 0.15) is 17.7 Å². The quantitative estimate of drug-likeness (QED) is 0.365. The van der Waals surface area contributed by atoms with Crippen molar-refractivity contribution in [2.75, 3.05) is 12.3 Å². The number of rotatable bonds is 10. The summed E-state index contributed by atoms with van der Waals surface area (Å²) in [5, 5.41) is 5.47. The van der Waals surface area contributed by atoms with Crippen LogP contribution in [0.15, 0.2) is 36.9 Å². The van der Waals surface area contributed by atoms with Crippen LogP contribution in [0.4, 0.5) is 4.79 Å². The van der Waals surface area contributed by atoms with Crippen LogP contribution >= 0.6 is 12.6 Å². The van der Waals surface area contributed by atoms with Crippen molar-refractivity contribution in [3.05, 3.63) is 48.0 Å². The average molecular weight is 464 g/mol. The number of amides is 3. The van der Waals surface area contributed by atoms with Gasteiger partial charge >= 0.3 is 6.09 Å². The number of alkyl carbamates (subject to hydrolysis) is 1. The second kappa shape index (κ2) is 12.5. The summed E-state index contributed by atoms with van der Waals surface area (Å²) in [6, 6.07) is 5.61. The first-order valence-corrected chi connectivity index (χ1v) is 11.5. The van der Waals surface area contributed by atoms with E-state index in [4.69, 9.17) is 4.74 Å². The predicted molar refractivity (Wildman–Crippen MR) is 131 cm³/mol. The first-order valence-electron chi connectivity index (χ1n) is 10.8. The van der Waals surface area contributed by atoms with Crippen molar-refractivity contribution in [3.8, 4) is 0 Å². The van der Waals surface area contributed by atoms with Crippen LogP contribution in [-0.4, -0.2) is 52.8 Å². The summed E-state index contributed by atoms with van der Waals surface area (Å²) in [7, 11) is 0. The number of ether oxygens (including phenoxy) is 1. The molecular formula is C24H37N3O4S. The molecule has 8 heteroatoms. The smallest absolute Gasteiger partial charge is 0.408 e. The standard InChI is InChI=1S/C24H37N3O4S/c1-8-14-27(22(29)19(15-32)26-23(30)31-24(5,6)7)20(21(28)25-16(3)4)18-12-10-17(9-2)11-13-18/h8,10-13,16,19-20,32H,1,9,14-15H2,2-7H3,(H,25,28)(H,26,30). The van der Waals surface area contributed by atoms with Crippen LogP contribution in [-0.2, 0) is 20.7 Å². The van der Waals surface area contributed by atoms with Gasteiger partial charge in [0.05, 0.1) is 0 Å². The lowest BCUT2D eigenvalue weighted by atomic mass is 10.0. The fourth-order valence-electron chi connectivity index (χ4n) is 3.07. The van der Waals surface area contributed by atoms with E-state index in [0.29, 0.717) is 5.56 Å². The fraction of sp³-hybridized carbons (Fsp3) is 0.542. The van der Waals surface area contributed by atoms with Crippen molar-refractivity contribution in [3.63, 3.8) is 0 Å². The number of aryl methyl sites for hydroxylation is 1. The summed E-state index contributed by atoms with van der Waals surface area (Å²) < 4.78 is 5.28. The zero-order valence-electron chi connectivity index (χ0n) is 20.0. The van der Waals surface area contributed by atoms with E-state index >= 15 is 0 Å². The Morgan fingerprint density at radius 3 is 2.19 bits per heavy atom. The molecule has 178 valence electrons. The molecule has 7 nitrogen and oxygen atoms in total. The zero-order valence-corrected chi connectivity index (χ0v) is 20.9. The van der Waals surface area contributed by atoms with Crippen LogP contribution in [0.3, 0.4) is 0 Å². The molecule has 0 aliphatic heterocycles. The molecule has 2 atom stereocenters.